The molecule has 0 saturated heterocycles. The largest absolute Gasteiger partial charge is 0.522 e. The number of rotatable bonds is 20. The topological polar surface area (TPSA) is 186 Å². The standard InChI is InChI=1S/C10H18N3O3.C9H20.C8H18N2O.C6H8O2.C4H8O.C2H6.C2H2.Fm/c1-7(2)4-8(10(16)11-3)13-9(15)5-12-6-14;1-4-5-6-7-8-9(2)3;1-3-5-7(9)8(11)10-6-4-2;1-4-6(2,3)8-5-7;1-4(2)3-5;2*1-2;/h7-8H,4-5H2,1-3H3,(H,11,16)(H,12,14)(H,13,15);9H,4-8H2,1-3H3;7H,3-6,9H2,1-2H3,(H,10,11);1,5H,2-3H3;3-4H,1-2H3;1-2H3;1-2H;/q-1;;;;;;;. The molecule has 0 bridgehead atoms. The summed E-state index contributed by atoms with van der Waals surface area (Å²) in [6.07, 6.45) is 25.6. The van der Waals surface area contributed by atoms with E-state index in [1.54, 1.807) is 13.8 Å². The molecule has 2 unspecified atom stereocenters. The van der Waals surface area contributed by atoms with E-state index in [9.17, 15) is 28.8 Å². The Labute approximate surface area is 325 Å². The average Bonchev–Trinajstić information content (AvgIpc) is 3.13. The van der Waals surface area contributed by atoms with Gasteiger partial charge in [-0.2, -0.15) is 6.41 Å². The van der Waals surface area contributed by atoms with Crippen molar-refractivity contribution in [2.45, 2.75) is 165 Å². The number of likely N-dealkylation sites (N-methyl/N-ethyl adjacent to an activating group) is 1. The van der Waals surface area contributed by atoms with Crippen molar-refractivity contribution in [2.24, 2.45) is 23.5 Å². The predicted octanol–water partition coefficient (Wildman–Crippen LogP) is 5.86. The van der Waals surface area contributed by atoms with Gasteiger partial charge in [0.25, 0.3) is 6.47 Å². The number of unbranched alkanes of at least 4 members (excludes halogenated alkanes) is 3. The molecule has 0 aromatic carbocycles. The molecule has 54 heavy (non-hydrogen) atoms. The molecule has 13 heteroatoms. The molecule has 0 fully saturated rings. The fourth-order valence-corrected chi connectivity index (χ4v) is 3.19. The molecule has 0 radical (unpaired) electrons. The van der Waals surface area contributed by atoms with Crippen LogP contribution in [0.15, 0.2) is 0 Å². The summed E-state index contributed by atoms with van der Waals surface area (Å²) in [6.45, 7) is 26.7. The second kappa shape index (κ2) is 52.5. The maximum absolute atomic E-state index is 11.4. The summed E-state index contributed by atoms with van der Waals surface area (Å²) >= 11 is 0. The van der Waals surface area contributed by atoms with E-state index in [-0.39, 0.29) is 36.2 Å². The predicted molar refractivity (Wildman–Crippen MR) is 221 cm³/mol. The molecule has 0 saturated carbocycles. The second-order valence-corrected chi connectivity index (χ2v) is 13.0. The molecule has 6 N–H and O–H groups in total. The smallest absolute Gasteiger partial charge is 0.294 e. The molecule has 0 aromatic rings. The van der Waals surface area contributed by atoms with Gasteiger partial charge in [0, 0.05) is 19.5 Å². The maximum Gasteiger partial charge on any atom is 0.294 e. The van der Waals surface area contributed by atoms with E-state index in [4.69, 9.17) is 12.2 Å². The first-order chi connectivity index (χ1) is 24.9. The normalized spacial score (nSPS) is 10.2. The van der Waals surface area contributed by atoms with Crippen LogP contribution < -0.4 is 27.0 Å². The van der Waals surface area contributed by atoms with E-state index in [2.05, 4.69) is 65.5 Å². The van der Waals surface area contributed by atoms with E-state index in [0.29, 0.717) is 12.9 Å². The number of carbonyl (C=O) groups is 5. The van der Waals surface area contributed by atoms with Crippen LogP contribution in [-0.4, -0.2) is 74.7 Å². The van der Waals surface area contributed by atoms with Gasteiger partial charge >= 0.3 is 0 Å². The van der Waals surface area contributed by atoms with Crippen molar-refractivity contribution in [3.05, 3.63) is 0 Å². The van der Waals surface area contributed by atoms with E-state index < -0.39 is 17.6 Å². The number of nitrogens with one attached hydrogen (secondary N) is 4. The van der Waals surface area contributed by atoms with Crippen LogP contribution in [0.4, 0.5) is 0 Å². The number of amides is 4. The minimum absolute atomic E-state index is 0. The molecule has 2 atom stereocenters. The molecule has 0 aromatic heterocycles. The van der Waals surface area contributed by atoms with Crippen molar-refractivity contribution >= 4 is 36.9 Å². The summed E-state index contributed by atoms with van der Waals surface area (Å²) in [7, 11) is 1.51. The number of carbonyl (C=O) groups excluding carboxylic acids is 6. The van der Waals surface area contributed by atoms with Gasteiger partial charge in [0.2, 0.25) is 17.7 Å². The van der Waals surface area contributed by atoms with Gasteiger partial charge in [0.1, 0.15) is 12.3 Å². The summed E-state index contributed by atoms with van der Waals surface area (Å²) in [5, 5.41) is 9.89. The average molecular weight is 1010 g/mol. The van der Waals surface area contributed by atoms with Crippen molar-refractivity contribution in [3.63, 3.8) is 0 Å². The first-order valence-corrected chi connectivity index (χ1v) is 18.9. The number of hydrogen-bond acceptors (Lipinski definition) is 8. The van der Waals surface area contributed by atoms with Crippen LogP contribution in [0.1, 0.15) is 148 Å². The van der Waals surface area contributed by atoms with Crippen LogP contribution in [-0.2, 0) is 33.5 Å². The Balaban J connectivity index is -0.0000000826. The molecule has 12 nitrogen and oxygen atoms in total. The van der Waals surface area contributed by atoms with Crippen LogP contribution in [0.3, 0.4) is 0 Å². The van der Waals surface area contributed by atoms with E-state index in [1.165, 1.54) is 45.6 Å². The quantitative estimate of drug-likeness (QED) is 0.0330. The summed E-state index contributed by atoms with van der Waals surface area (Å²) in [5.41, 5.74) is 4.81. The molecule has 0 rings (SSSR count). The number of terminal acetylenes is 2. The number of ether oxygens (including phenoxy) is 1. The summed E-state index contributed by atoms with van der Waals surface area (Å²) in [4.78, 5) is 62.8. The van der Waals surface area contributed by atoms with Crippen LogP contribution in [0, 0.1) is 42.9 Å². The van der Waals surface area contributed by atoms with Crippen molar-refractivity contribution < 1.29 is 33.5 Å². The summed E-state index contributed by atoms with van der Waals surface area (Å²) in [5.74, 6) is 3.02. The Morgan fingerprint density at radius 1 is 0.870 bits per heavy atom. The minimum Gasteiger partial charge on any atom is -0.522 e. The van der Waals surface area contributed by atoms with Crippen molar-refractivity contribution in [1.29, 1.82) is 0 Å². The SMILES string of the molecule is C#C.C#CC(C)(C)OC=O.CC.CC(C)C=O.CCCCCCC(C)C.CCCNC(=O)C(N)CCC.CNC(=O)C(CC(C)C)NC(=O)CN[C-]=O.[Fm]. The molecular formula is C41H80FmN5O7-. The third kappa shape index (κ3) is 65.5. The van der Waals surface area contributed by atoms with Crippen molar-refractivity contribution in [2.75, 3.05) is 20.1 Å². The van der Waals surface area contributed by atoms with Gasteiger partial charge in [-0.1, -0.05) is 121 Å². The van der Waals surface area contributed by atoms with Crippen LogP contribution in [0.5, 0.6) is 0 Å². The Morgan fingerprint density at radius 3 is 1.70 bits per heavy atom. The molecule has 0 spiro atoms. The summed E-state index contributed by atoms with van der Waals surface area (Å²) < 4.78 is 4.46. The zero-order chi connectivity index (χ0) is 43.3. The van der Waals surface area contributed by atoms with Gasteiger partial charge in [-0.25, -0.2) is 0 Å². The van der Waals surface area contributed by atoms with E-state index in [1.807, 2.05) is 55.4 Å². The maximum atomic E-state index is 11.4. The van der Waals surface area contributed by atoms with Gasteiger partial charge < -0.3 is 41.3 Å². The van der Waals surface area contributed by atoms with Crippen LogP contribution in [0.25, 0.3) is 0 Å². The fraction of sp³-hybridized carbons (Fsp3) is 0.756. The first-order valence-electron chi connectivity index (χ1n) is 18.9. The Bertz CT molecular complexity index is 921. The first kappa shape index (κ1) is 67.2. The monoisotopic (exact) mass is 1010 g/mol. The molecule has 324 valence electrons. The number of aldehydes is 1. The number of hydrogen-bond donors (Lipinski definition) is 5. The van der Waals surface area contributed by atoms with Gasteiger partial charge in [-0.15, -0.1) is 19.3 Å². The van der Waals surface area contributed by atoms with E-state index in [0.717, 1.165) is 38.0 Å². The second-order valence-electron chi connectivity index (χ2n) is 13.0. The third-order valence-electron chi connectivity index (χ3n) is 6.01. The van der Waals surface area contributed by atoms with Gasteiger partial charge in [-0.3, -0.25) is 19.2 Å². The molecule has 0 aliphatic carbocycles. The molecule has 0 heterocycles. The van der Waals surface area contributed by atoms with Crippen LogP contribution in [0.2, 0.25) is 0 Å². The molecular weight excluding hydrogens is 931 g/mol. The van der Waals surface area contributed by atoms with Gasteiger partial charge in [0.15, 0.2) is 5.60 Å². The summed E-state index contributed by atoms with van der Waals surface area (Å²) in [6, 6.07) is -0.877. The van der Waals surface area contributed by atoms with Crippen molar-refractivity contribution in [3.8, 4) is 25.2 Å². The number of nitrogens with two attached hydrogens (primary N) is 1. The van der Waals surface area contributed by atoms with E-state index >= 15 is 0 Å². The Morgan fingerprint density at radius 2 is 1.39 bits per heavy atom. The minimum atomic E-state index is -0.748. The molecule has 0 aliphatic heterocycles. The van der Waals surface area contributed by atoms with Crippen molar-refractivity contribution in [1.82, 2.24) is 21.3 Å². The Hall–Kier alpha value is -4.90. The zero-order valence-electron chi connectivity index (χ0n) is 36.3. The zero-order valence-corrected chi connectivity index (χ0v) is 38.7. The van der Waals surface area contributed by atoms with Crippen LogP contribution >= 0.6 is 0 Å². The van der Waals surface area contributed by atoms with Gasteiger partial charge in [-0.05, 0) is 44.9 Å². The third-order valence-corrected chi connectivity index (χ3v) is 6.01. The molecule has 4 amide bonds. The fourth-order valence-electron chi connectivity index (χ4n) is 3.19. The van der Waals surface area contributed by atoms with Gasteiger partial charge in [0.05, 0.1) is 12.6 Å². The molecule has 0 aliphatic rings. The Kier molecular flexibility index (Phi) is 65.3.